The molecule has 0 aliphatic heterocycles. The number of carbonyl (C=O) groups is 1. The molecule has 4 nitrogen and oxygen atoms in total. The zero-order valence-electron chi connectivity index (χ0n) is 14.1. The number of halogens is 1. The number of carbonyl (C=O) groups excluding carboxylic acids is 1. The van der Waals surface area contributed by atoms with Gasteiger partial charge in [-0.15, -0.1) is 0 Å². The lowest BCUT2D eigenvalue weighted by atomic mass is 10.1. The number of amides is 1. The van der Waals surface area contributed by atoms with Crippen molar-refractivity contribution in [1.29, 1.82) is 0 Å². The summed E-state index contributed by atoms with van der Waals surface area (Å²) in [5, 5.41) is 0.241. The highest BCUT2D eigenvalue weighted by Gasteiger charge is 2.25. The molecule has 1 aromatic carbocycles. The average Bonchev–Trinajstić information content (AvgIpc) is 2.54. The number of aromatic nitrogens is 1. The third-order valence-electron chi connectivity index (χ3n) is 3.40. The highest BCUT2D eigenvalue weighted by Crippen LogP contribution is 2.23. The molecule has 24 heavy (non-hydrogen) atoms. The second-order valence-electron chi connectivity index (χ2n) is 6.22. The van der Waals surface area contributed by atoms with Gasteiger partial charge in [-0.2, -0.15) is 0 Å². The van der Waals surface area contributed by atoms with Crippen molar-refractivity contribution in [2.24, 2.45) is 0 Å². The zero-order chi connectivity index (χ0) is 17.7. The van der Waals surface area contributed by atoms with Gasteiger partial charge >= 0.3 is 6.09 Å². The van der Waals surface area contributed by atoms with Crippen molar-refractivity contribution >= 4 is 17.7 Å². The predicted octanol–water partition coefficient (Wildman–Crippen LogP) is 4.36. The largest absolute Gasteiger partial charge is 0.416 e. The van der Waals surface area contributed by atoms with Gasteiger partial charge < -0.3 is 9.64 Å². The van der Waals surface area contributed by atoms with E-state index in [2.05, 4.69) is 16.8 Å². The minimum Gasteiger partial charge on any atom is -0.389 e. The molecule has 1 heterocycles. The van der Waals surface area contributed by atoms with E-state index in [0.717, 1.165) is 5.56 Å². The molecule has 0 aliphatic rings. The molecule has 1 amide bonds. The van der Waals surface area contributed by atoms with Crippen LogP contribution in [0, 0.1) is 11.8 Å². The maximum atomic E-state index is 12.1. The number of rotatable bonds is 1. The smallest absolute Gasteiger partial charge is 0.389 e. The molecular weight excluding hydrogens is 324 g/mol. The van der Waals surface area contributed by atoms with Crippen molar-refractivity contribution in [2.45, 2.75) is 26.3 Å². The number of pyridine rings is 1. The molecule has 0 radical (unpaired) electrons. The van der Waals surface area contributed by atoms with E-state index in [1.54, 1.807) is 13.1 Å². The lowest BCUT2D eigenvalue weighted by Gasteiger charge is -2.30. The molecule has 0 fully saturated rings. The Balaban J connectivity index is 2.13. The fourth-order valence-electron chi connectivity index (χ4n) is 1.66. The summed E-state index contributed by atoms with van der Waals surface area (Å²) in [5.41, 5.74) is 1.19. The summed E-state index contributed by atoms with van der Waals surface area (Å²) < 4.78 is 5.25. The molecule has 0 spiro atoms. The number of benzene rings is 1. The van der Waals surface area contributed by atoms with Crippen LogP contribution < -0.4 is 4.74 Å². The second kappa shape index (κ2) is 7.37. The van der Waals surface area contributed by atoms with E-state index in [0.29, 0.717) is 5.56 Å². The number of hydrogen-bond acceptors (Lipinski definition) is 3. The first kappa shape index (κ1) is 17.8. The van der Waals surface area contributed by atoms with Gasteiger partial charge in [-0.3, -0.25) is 0 Å². The lowest BCUT2D eigenvalue weighted by Crippen LogP contribution is -2.44. The maximum Gasteiger partial charge on any atom is 0.416 e. The zero-order valence-corrected chi connectivity index (χ0v) is 14.9. The molecule has 0 N–H and O–H groups in total. The van der Waals surface area contributed by atoms with E-state index in [-0.39, 0.29) is 16.4 Å². The summed E-state index contributed by atoms with van der Waals surface area (Å²) in [6.45, 7) is 5.72. The molecule has 2 rings (SSSR count). The van der Waals surface area contributed by atoms with E-state index < -0.39 is 6.09 Å². The van der Waals surface area contributed by atoms with Gasteiger partial charge in [-0.05, 0) is 39.0 Å². The van der Waals surface area contributed by atoms with Crippen molar-refractivity contribution in [3.05, 3.63) is 58.7 Å². The van der Waals surface area contributed by atoms with Gasteiger partial charge in [0.15, 0.2) is 0 Å². The predicted molar refractivity (Wildman–Crippen MR) is 95.2 cm³/mol. The normalized spacial score (nSPS) is 10.5. The number of hydrogen-bond donors (Lipinski definition) is 0. The Kier molecular flexibility index (Phi) is 5.48. The van der Waals surface area contributed by atoms with E-state index in [1.807, 2.05) is 51.1 Å². The Morgan fingerprint density at radius 1 is 1.17 bits per heavy atom. The summed E-state index contributed by atoms with van der Waals surface area (Å²) in [6.07, 6.45) is 1.02. The van der Waals surface area contributed by atoms with Gasteiger partial charge in [0.25, 0.3) is 0 Å². The van der Waals surface area contributed by atoms with Crippen LogP contribution in [0.25, 0.3) is 0 Å². The summed E-state index contributed by atoms with van der Waals surface area (Å²) in [7, 11) is 1.66. The minimum atomic E-state index is -0.514. The van der Waals surface area contributed by atoms with Gasteiger partial charge in [-0.1, -0.05) is 41.6 Å². The van der Waals surface area contributed by atoms with Crippen molar-refractivity contribution in [2.75, 3.05) is 7.05 Å². The maximum absolute atomic E-state index is 12.1. The summed E-state index contributed by atoms with van der Waals surface area (Å²) in [6, 6.07) is 11.2. The van der Waals surface area contributed by atoms with E-state index in [9.17, 15) is 4.79 Å². The second-order valence-corrected chi connectivity index (χ2v) is 6.63. The van der Waals surface area contributed by atoms with E-state index in [1.165, 1.54) is 11.1 Å². The van der Waals surface area contributed by atoms with Gasteiger partial charge in [0.05, 0.1) is 0 Å². The molecule has 0 saturated heterocycles. The first-order chi connectivity index (χ1) is 11.3. The average molecular weight is 343 g/mol. The SMILES string of the molecule is CN(C(=O)Oc1ncc(C#Cc2ccccc2)cc1Cl)C(C)(C)C. The van der Waals surface area contributed by atoms with Crippen LogP contribution in [0.1, 0.15) is 31.9 Å². The van der Waals surface area contributed by atoms with Crippen LogP contribution in [0.3, 0.4) is 0 Å². The minimum absolute atomic E-state index is 0.0722. The Morgan fingerprint density at radius 3 is 2.38 bits per heavy atom. The molecule has 124 valence electrons. The standard InChI is InChI=1S/C19H19ClN2O2/c1-19(2,3)22(4)18(23)24-17-16(20)12-15(13-21-17)11-10-14-8-6-5-7-9-14/h5-9,12-13H,1-4H3. The Hall–Kier alpha value is -2.51. The number of nitrogens with zero attached hydrogens (tertiary/aromatic N) is 2. The molecule has 0 unspecified atom stereocenters. The van der Waals surface area contributed by atoms with Crippen molar-refractivity contribution in [1.82, 2.24) is 9.88 Å². The Bertz CT molecular complexity index is 786. The van der Waals surface area contributed by atoms with Gasteiger partial charge in [-0.25, -0.2) is 9.78 Å². The molecule has 0 atom stereocenters. The fourth-order valence-corrected chi connectivity index (χ4v) is 1.86. The molecule has 1 aromatic heterocycles. The molecule has 0 bridgehead atoms. The van der Waals surface area contributed by atoms with Crippen LogP contribution in [-0.4, -0.2) is 28.6 Å². The summed E-state index contributed by atoms with van der Waals surface area (Å²) >= 11 is 6.15. The van der Waals surface area contributed by atoms with Crippen molar-refractivity contribution < 1.29 is 9.53 Å². The molecule has 0 saturated carbocycles. The van der Waals surface area contributed by atoms with Crippen molar-refractivity contribution in [3.8, 4) is 17.7 Å². The van der Waals surface area contributed by atoms with Crippen LogP contribution in [-0.2, 0) is 0 Å². The van der Waals surface area contributed by atoms with Gasteiger partial charge in [0, 0.05) is 29.9 Å². The third kappa shape index (κ3) is 4.74. The lowest BCUT2D eigenvalue weighted by molar-refractivity contribution is 0.123. The van der Waals surface area contributed by atoms with Crippen LogP contribution in [0.4, 0.5) is 4.79 Å². The van der Waals surface area contributed by atoms with Crippen molar-refractivity contribution in [3.63, 3.8) is 0 Å². The van der Waals surface area contributed by atoms with Crippen LogP contribution in [0.15, 0.2) is 42.6 Å². The molecule has 2 aromatic rings. The van der Waals surface area contributed by atoms with Crippen LogP contribution in [0.2, 0.25) is 5.02 Å². The highest BCUT2D eigenvalue weighted by molar-refractivity contribution is 6.32. The number of ether oxygens (including phenoxy) is 1. The highest BCUT2D eigenvalue weighted by atomic mass is 35.5. The van der Waals surface area contributed by atoms with Gasteiger partial charge in [0.2, 0.25) is 5.88 Å². The topological polar surface area (TPSA) is 42.4 Å². The summed E-state index contributed by atoms with van der Waals surface area (Å²) in [4.78, 5) is 17.7. The quantitative estimate of drug-likeness (QED) is 0.723. The fraction of sp³-hybridized carbons (Fsp3) is 0.263. The van der Waals surface area contributed by atoms with Crippen LogP contribution >= 0.6 is 11.6 Å². The summed E-state index contributed by atoms with van der Waals surface area (Å²) in [5.74, 6) is 6.08. The first-order valence-electron chi connectivity index (χ1n) is 7.45. The van der Waals surface area contributed by atoms with Crippen LogP contribution in [0.5, 0.6) is 5.88 Å². The first-order valence-corrected chi connectivity index (χ1v) is 7.83. The van der Waals surface area contributed by atoms with E-state index in [4.69, 9.17) is 16.3 Å². The van der Waals surface area contributed by atoms with E-state index >= 15 is 0 Å². The van der Waals surface area contributed by atoms with Gasteiger partial charge in [0.1, 0.15) is 5.02 Å². The molecule has 0 aliphatic carbocycles. The molecule has 5 heteroatoms. The Morgan fingerprint density at radius 2 is 1.79 bits per heavy atom. The third-order valence-corrected chi connectivity index (χ3v) is 3.67. The molecular formula is C19H19ClN2O2. The monoisotopic (exact) mass is 342 g/mol. The Labute approximate surface area is 147 Å².